The van der Waals surface area contributed by atoms with Gasteiger partial charge in [0, 0.05) is 0 Å². The molecule has 0 radical (unpaired) electrons. The van der Waals surface area contributed by atoms with Crippen molar-refractivity contribution in [2.24, 2.45) is 0 Å². The predicted octanol–water partition coefficient (Wildman–Crippen LogP) is 4.99. The summed E-state index contributed by atoms with van der Waals surface area (Å²) in [6, 6.07) is 8.30. The molecule has 0 saturated carbocycles. The summed E-state index contributed by atoms with van der Waals surface area (Å²) in [5.41, 5.74) is 3.18. The van der Waals surface area contributed by atoms with E-state index in [0.29, 0.717) is 11.7 Å². The van der Waals surface area contributed by atoms with Crippen molar-refractivity contribution >= 4 is 5.97 Å². The van der Waals surface area contributed by atoms with Crippen molar-refractivity contribution in [3.05, 3.63) is 59.2 Å². The van der Waals surface area contributed by atoms with E-state index < -0.39 is 5.97 Å². The van der Waals surface area contributed by atoms with Crippen molar-refractivity contribution in [3.8, 4) is 0 Å². The fourth-order valence-corrected chi connectivity index (χ4v) is 2.58. The van der Waals surface area contributed by atoms with E-state index in [0.717, 1.165) is 25.7 Å². The molecule has 1 aliphatic rings. The van der Waals surface area contributed by atoms with Gasteiger partial charge in [0.1, 0.15) is 0 Å². The van der Waals surface area contributed by atoms with Crippen molar-refractivity contribution in [2.45, 2.75) is 65.1 Å². The van der Waals surface area contributed by atoms with Crippen molar-refractivity contribution in [2.75, 3.05) is 6.61 Å². The average Bonchev–Trinajstić information content (AvgIpc) is 3.21. The number of hydrogen-bond donors (Lipinski definition) is 2. The van der Waals surface area contributed by atoms with Crippen LogP contribution in [-0.4, -0.2) is 34.5 Å². The zero-order chi connectivity index (χ0) is 19.6. The van der Waals surface area contributed by atoms with Crippen LogP contribution < -0.4 is 0 Å². The Morgan fingerprint density at radius 1 is 1.12 bits per heavy atom. The lowest BCUT2D eigenvalue weighted by molar-refractivity contribution is 0.0697. The van der Waals surface area contributed by atoms with Crippen molar-refractivity contribution in [1.82, 2.24) is 0 Å². The molecule has 1 aromatic rings. The van der Waals surface area contributed by atoms with Gasteiger partial charge in [-0.1, -0.05) is 41.5 Å². The second-order valence-electron chi connectivity index (χ2n) is 7.24. The molecule has 1 aromatic carbocycles. The van der Waals surface area contributed by atoms with Gasteiger partial charge in [0.15, 0.2) is 0 Å². The van der Waals surface area contributed by atoms with Crippen LogP contribution in [0.5, 0.6) is 0 Å². The van der Waals surface area contributed by atoms with Gasteiger partial charge in [-0.25, -0.2) is 4.79 Å². The van der Waals surface area contributed by atoms with Gasteiger partial charge in [0.05, 0.1) is 23.9 Å². The molecule has 4 heteroatoms. The molecule has 1 aliphatic heterocycles. The largest absolute Gasteiger partial charge is 0.478 e. The fraction of sp³-hybridized carbons (Fsp3) is 0.500. The summed E-state index contributed by atoms with van der Waals surface area (Å²) in [7, 11) is 0. The van der Waals surface area contributed by atoms with E-state index in [4.69, 9.17) is 14.9 Å². The molecule has 2 N–H and O–H groups in total. The number of carboxylic acids is 1. The quantitative estimate of drug-likeness (QED) is 0.506. The maximum Gasteiger partial charge on any atom is 0.335 e. The Balaban J connectivity index is 0.000000314. The molecular weight excluding hydrogens is 328 g/mol. The number of epoxide rings is 1. The lowest BCUT2D eigenvalue weighted by atomic mass is 10.0. The molecule has 1 fully saturated rings. The lowest BCUT2D eigenvalue weighted by Crippen LogP contribution is -2.02. The maximum absolute atomic E-state index is 10.2. The number of rotatable bonds is 8. The number of aliphatic hydroxyl groups excluding tert-OH is 1. The maximum atomic E-state index is 10.2. The fourth-order valence-electron chi connectivity index (χ4n) is 2.58. The van der Waals surface area contributed by atoms with Crippen LogP contribution in [0.15, 0.2) is 53.6 Å². The third-order valence-corrected chi connectivity index (χ3v) is 4.46. The standard InChI is InChI=1S/C15H26O2.C7H6O2/c1-12(6-5-7-13(2)10-11-16)8-9-14-15(3,4)17-14;8-7(9)6-4-2-1-3-5-6/h6,10,14,16H,5,7-9,11H2,1-4H3;1-5H,(H,8,9). The minimum absolute atomic E-state index is 0.126. The van der Waals surface area contributed by atoms with Crippen molar-refractivity contribution < 1.29 is 19.7 Å². The highest BCUT2D eigenvalue weighted by Crippen LogP contribution is 2.38. The summed E-state index contributed by atoms with van der Waals surface area (Å²) >= 11 is 0. The molecule has 4 nitrogen and oxygen atoms in total. The third-order valence-electron chi connectivity index (χ3n) is 4.46. The highest BCUT2D eigenvalue weighted by atomic mass is 16.6. The Morgan fingerprint density at radius 3 is 2.15 bits per heavy atom. The van der Waals surface area contributed by atoms with Crippen molar-refractivity contribution in [3.63, 3.8) is 0 Å². The number of hydrogen-bond acceptors (Lipinski definition) is 3. The minimum atomic E-state index is -0.879. The second-order valence-corrected chi connectivity index (χ2v) is 7.24. The molecule has 1 heterocycles. The Hall–Kier alpha value is -1.91. The molecule has 2 rings (SSSR count). The van der Waals surface area contributed by atoms with Gasteiger partial charge in [-0.2, -0.15) is 0 Å². The molecule has 1 unspecified atom stereocenters. The van der Waals surface area contributed by atoms with Gasteiger partial charge in [-0.15, -0.1) is 0 Å². The van der Waals surface area contributed by atoms with Crippen LogP contribution >= 0.6 is 0 Å². The Labute approximate surface area is 157 Å². The second kappa shape index (κ2) is 10.9. The summed E-state index contributed by atoms with van der Waals surface area (Å²) in [5.74, 6) is -0.879. The van der Waals surface area contributed by atoms with Crippen LogP contribution in [0.3, 0.4) is 0 Å². The third kappa shape index (κ3) is 8.97. The average molecular weight is 360 g/mol. The van der Waals surface area contributed by atoms with Crippen LogP contribution in [0.2, 0.25) is 0 Å². The first-order chi connectivity index (χ1) is 12.3. The van der Waals surface area contributed by atoms with Crippen LogP contribution in [0.1, 0.15) is 63.7 Å². The number of ether oxygens (including phenoxy) is 1. The highest BCUT2D eigenvalue weighted by Gasteiger charge is 2.46. The van der Waals surface area contributed by atoms with Gasteiger partial charge < -0.3 is 14.9 Å². The SMILES string of the molecule is CC(=CCO)CCC=C(C)CCC1OC1(C)C.O=C(O)c1ccccc1. The first kappa shape index (κ1) is 22.1. The van der Waals surface area contributed by atoms with E-state index in [1.807, 2.05) is 6.08 Å². The molecule has 0 amide bonds. The summed E-state index contributed by atoms with van der Waals surface area (Å²) in [6.45, 7) is 8.72. The minimum Gasteiger partial charge on any atom is -0.478 e. The normalized spacial score (nSPS) is 18.7. The van der Waals surface area contributed by atoms with E-state index in [2.05, 4.69) is 33.8 Å². The van der Waals surface area contributed by atoms with Gasteiger partial charge in [-0.05, 0) is 65.5 Å². The molecule has 0 bridgehead atoms. The van der Waals surface area contributed by atoms with E-state index in [1.54, 1.807) is 30.3 Å². The first-order valence-corrected chi connectivity index (χ1v) is 9.14. The van der Waals surface area contributed by atoms with E-state index in [9.17, 15) is 4.79 Å². The molecule has 0 aromatic heterocycles. The number of carboxylic acid groups (broad SMARTS) is 1. The molecule has 26 heavy (non-hydrogen) atoms. The predicted molar refractivity (Wildman–Crippen MR) is 105 cm³/mol. The van der Waals surface area contributed by atoms with Gasteiger partial charge in [0.2, 0.25) is 0 Å². The smallest absolute Gasteiger partial charge is 0.335 e. The van der Waals surface area contributed by atoms with Gasteiger partial charge >= 0.3 is 5.97 Å². The summed E-state index contributed by atoms with van der Waals surface area (Å²) in [6.07, 6.45) is 9.04. The molecular formula is C22H32O4. The zero-order valence-electron chi connectivity index (χ0n) is 16.4. The number of carbonyl (C=O) groups is 1. The van der Waals surface area contributed by atoms with E-state index >= 15 is 0 Å². The van der Waals surface area contributed by atoms with Gasteiger partial charge in [-0.3, -0.25) is 0 Å². The topological polar surface area (TPSA) is 70.1 Å². The molecule has 0 aliphatic carbocycles. The first-order valence-electron chi connectivity index (χ1n) is 9.14. The Morgan fingerprint density at radius 2 is 1.69 bits per heavy atom. The Bertz CT molecular complexity index is 614. The van der Waals surface area contributed by atoms with Crippen LogP contribution in [0, 0.1) is 0 Å². The number of aliphatic hydroxyl groups is 1. The summed E-state index contributed by atoms with van der Waals surface area (Å²) in [5, 5.41) is 17.1. The number of benzene rings is 1. The van der Waals surface area contributed by atoms with E-state index in [-0.39, 0.29) is 12.2 Å². The zero-order valence-corrected chi connectivity index (χ0v) is 16.4. The number of aromatic carboxylic acids is 1. The monoisotopic (exact) mass is 360 g/mol. The number of allylic oxidation sites excluding steroid dienone is 3. The lowest BCUT2D eigenvalue weighted by Gasteiger charge is -2.01. The van der Waals surface area contributed by atoms with Crippen LogP contribution in [0.4, 0.5) is 0 Å². The van der Waals surface area contributed by atoms with Gasteiger partial charge in [0.25, 0.3) is 0 Å². The molecule has 1 atom stereocenters. The van der Waals surface area contributed by atoms with Crippen LogP contribution in [0.25, 0.3) is 0 Å². The molecule has 144 valence electrons. The van der Waals surface area contributed by atoms with Crippen molar-refractivity contribution in [1.29, 1.82) is 0 Å². The van der Waals surface area contributed by atoms with Crippen LogP contribution in [-0.2, 0) is 4.74 Å². The molecule has 1 saturated heterocycles. The molecule has 0 spiro atoms. The summed E-state index contributed by atoms with van der Waals surface area (Å²) in [4.78, 5) is 10.2. The highest BCUT2D eigenvalue weighted by molar-refractivity contribution is 5.87. The van der Waals surface area contributed by atoms with E-state index in [1.165, 1.54) is 11.1 Å². The summed E-state index contributed by atoms with van der Waals surface area (Å²) < 4.78 is 5.57. The Kier molecular flexibility index (Phi) is 9.31.